The number of carbonyl (C=O) groups is 3. The summed E-state index contributed by atoms with van der Waals surface area (Å²) in [5, 5.41) is 6.65. The highest BCUT2D eigenvalue weighted by molar-refractivity contribution is 6.35. The average molecular weight is 578 g/mol. The zero-order valence-electron chi connectivity index (χ0n) is 20.7. The highest BCUT2D eigenvalue weighted by Gasteiger charge is 2.38. The Morgan fingerprint density at radius 2 is 1.55 bits per heavy atom. The van der Waals surface area contributed by atoms with Gasteiger partial charge in [0, 0.05) is 33.4 Å². The van der Waals surface area contributed by atoms with Crippen LogP contribution in [0.5, 0.6) is 0 Å². The highest BCUT2D eigenvalue weighted by Crippen LogP contribution is 2.40. The largest absolute Gasteiger partial charge is 0.341 e. The minimum absolute atomic E-state index is 0.0439. The van der Waals surface area contributed by atoms with E-state index in [9.17, 15) is 18.8 Å². The Morgan fingerprint density at radius 1 is 0.921 bits per heavy atom. The number of nitrogens with one attached hydrogen (secondary N) is 2. The second-order valence-corrected chi connectivity index (χ2v) is 10.7. The van der Waals surface area contributed by atoms with Gasteiger partial charge in [0.2, 0.25) is 5.91 Å². The molecule has 3 aromatic carbocycles. The number of anilines is 3. The third-order valence-electron chi connectivity index (χ3n) is 6.15. The van der Waals surface area contributed by atoms with E-state index in [1.54, 1.807) is 43.4 Å². The van der Waals surface area contributed by atoms with E-state index in [4.69, 9.17) is 34.8 Å². The van der Waals surface area contributed by atoms with Crippen molar-refractivity contribution in [2.24, 2.45) is 0 Å². The Bertz CT molecular complexity index is 1390. The first-order valence-electron chi connectivity index (χ1n) is 11.6. The Kier molecular flexibility index (Phi) is 7.88. The van der Waals surface area contributed by atoms with Gasteiger partial charge in [-0.05, 0) is 74.5 Å². The van der Waals surface area contributed by atoms with Crippen LogP contribution in [0.3, 0.4) is 0 Å². The molecule has 0 aromatic heterocycles. The maximum absolute atomic E-state index is 13.5. The SMILES string of the molecule is CN1C(=O)[C@H](NC(=O)C(C)(C)NC(=O)c2ccc(F)cc2)CN(c2cc(Cl)cc(Cl)c2)c2ccc(Cl)cc21. The summed E-state index contributed by atoms with van der Waals surface area (Å²) in [6.45, 7) is 3.07. The van der Waals surface area contributed by atoms with Crippen LogP contribution in [0.1, 0.15) is 24.2 Å². The quantitative estimate of drug-likeness (QED) is 0.414. The molecule has 0 bridgehead atoms. The molecule has 0 spiro atoms. The van der Waals surface area contributed by atoms with Gasteiger partial charge in [0.05, 0.1) is 17.9 Å². The zero-order chi connectivity index (χ0) is 27.8. The van der Waals surface area contributed by atoms with Crippen LogP contribution in [-0.2, 0) is 9.59 Å². The van der Waals surface area contributed by atoms with Crippen LogP contribution < -0.4 is 20.4 Å². The fourth-order valence-corrected chi connectivity index (χ4v) is 4.79. The van der Waals surface area contributed by atoms with Gasteiger partial charge in [0.15, 0.2) is 0 Å². The number of halogens is 4. The Hall–Kier alpha value is -3.33. The third kappa shape index (κ3) is 5.88. The second-order valence-electron chi connectivity index (χ2n) is 9.38. The van der Waals surface area contributed by atoms with E-state index in [1.165, 1.54) is 30.9 Å². The lowest BCUT2D eigenvalue weighted by Crippen LogP contribution is -2.60. The molecule has 0 radical (unpaired) electrons. The molecule has 0 saturated carbocycles. The minimum Gasteiger partial charge on any atom is -0.341 e. The number of nitrogens with zero attached hydrogens (tertiary/aromatic N) is 2. The topological polar surface area (TPSA) is 81.8 Å². The molecule has 1 atom stereocenters. The van der Waals surface area contributed by atoms with Gasteiger partial charge >= 0.3 is 0 Å². The van der Waals surface area contributed by atoms with Crippen molar-refractivity contribution in [1.29, 1.82) is 0 Å². The van der Waals surface area contributed by atoms with Gasteiger partial charge in [-0.15, -0.1) is 0 Å². The number of fused-ring (bicyclic) bond motifs is 1. The van der Waals surface area contributed by atoms with Crippen LogP contribution in [0.25, 0.3) is 0 Å². The summed E-state index contributed by atoms with van der Waals surface area (Å²) in [5.74, 6) is -2.03. The lowest BCUT2D eigenvalue weighted by molar-refractivity contribution is -0.130. The Morgan fingerprint density at radius 3 is 2.18 bits per heavy atom. The molecule has 7 nitrogen and oxygen atoms in total. The van der Waals surface area contributed by atoms with E-state index in [1.807, 2.05) is 4.90 Å². The number of amides is 3. The molecular formula is C27H24Cl3FN4O3. The monoisotopic (exact) mass is 576 g/mol. The molecule has 0 saturated heterocycles. The van der Waals surface area contributed by atoms with Gasteiger partial charge < -0.3 is 20.4 Å². The molecule has 1 heterocycles. The van der Waals surface area contributed by atoms with E-state index >= 15 is 0 Å². The van der Waals surface area contributed by atoms with Crippen molar-refractivity contribution in [3.8, 4) is 0 Å². The molecule has 0 fully saturated rings. The van der Waals surface area contributed by atoms with E-state index in [0.717, 1.165) is 12.1 Å². The van der Waals surface area contributed by atoms with Gasteiger partial charge in [0.25, 0.3) is 11.8 Å². The number of benzene rings is 3. The van der Waals surface area contributed by atoms with Gasteiger partial charge in [-0.25, -0.2) is 4.39 Å². The van der Waals surface area contributed by atoms with Gasteiger partial charge in [0.1, 0.15) is 17.4 Å². The fraction of sp³-hybridized carbons (Fsp3) is 0.222. The molecule has 1 aliphatic rings. The first-order valence-corrected chi connectivity index (χ1v) is 12.7. The van der Waals surface area contributed by atoms with Crippen LogP contribution in [0.4, 0.5) is 21.5 Å². The van der Waals surface area contributed by atoms with Crippen molar-refractivity contribution in [3.63, 3.8) is 0 Å². The predicted molar refractivity (Wildman–Crippen MR) is 148 cm³/mol. The molecule has 0 aliphatic carbocycles. The number of rotatable bonds is 5. The standard InChI is InChI=1S/C27H24Cl3FN4O3/c1-27(2,33-24(36)15-4-7-19(31)8-5-15)26(38)32-21-14-35(20-11-17(29)10-18(30)12-20)22-9-6-16(28)13-23(22)34(3)25(21)37/h4-13,21H,14H2,1-3H3,(H,32,38)(H,33,36)/t21-/m1/s1. The van der Waals surface area contributed by atoms with E-state index in [0.29, 0.717) is 32.1 Å². The Labute approximate surface area is 234 Å². The Balaban J connectivity index is 1.64. The summed E-state index contributed by atoms with van der Waals surface area (Å²) in [5.41, 5.74) is 0.575. The van der Waals surface area contributed by atoms with E-state index < -0.39 is 35.1 Å². The van der Waals surface area contributed by atoms with E-state index in [-0.39, 0.29) is 12.1 Å². The normalized spacial score (nSPS) is 15.6. The minimum atomic E-state index is -1.41. The van der Waals surface area contributed by atoms with Crippen molar-refractivity contribution in [2.45, 2.75) is 25.4 Å². The molecule has 3 amide bonds. The van der Waals surface area contributed by atoms with Crippen LogP contribution in [0.15, 0.2) is 60.7 Å². The number of likely N-dealkylation sites (N-methyl/N-ethyl adjacent to an activating group) is 1. The first-order chi connectivity index (χ1) is 17.9. The van der Waals surface area contributed by atoms with Gasteiger partial charge in [-0.2, -0.15) is 0 Å². The van der Waals surface area contributed by atoms with Gasteiger partial charge in [-0.1, -0.05) is 34.8 Å². The molecule has 38 heavy (non-hydrogen) atoms. The molecule has 4 rings (SSSR count). The summed E-state index contributed by atoms with van der Waals surface area (Å²) >= 11 is 18.8. The van der Waals surface area contributed by atoms with Crippen molar-refractivity contribution < 1.29 is 18.8 Å². The maximum atomic E-state index is 13.5. The third-order valence-corrected chi connectivity index (χ3v) is 6.82. The average Bonchev–Trinajstić information content (AvgIpc) is 2.94. The molecule has 11 heteroatoms. The van der Waals surface area contributed by atoms with E-state index in [2.05, 4.69) is 10.6 Å². The number of hydrogen-bond acceptors (Lipinski definition) is 4. The summed E-state index contributed by atoms with van der Waals surface area (Å²) in [4.78, 5) is 42.8. The molecule has 3 aromatic rings. The zero-order valence-corrected chi connectivity index (χ0v) is 23.0. The van der Waals surface area contributed by atoms with Crippen molar-refractivity contribution in [2.75, 3.05) is 23.4 Å². The maximum Gasteiger partial charge on any atom is 0.252 e. The number of carbonyl (C=O) groups excluding carboxylic acids is 3. The van der Waals surface area contributed by atoms with Crippen molar-refractivity contribution in [1.82, 2.24) is 10.6 Å². The summed E-state index contributed by atoms with van der Waals surface area (Å²) in [6.07, 6.45) is 0. The van der Waals surface area contributed by atoms with Crippen LogP contribution in [0, 0.1) is 5.82 Å². The highest BCUT2D eigenvalue weighted by atomic mass is 35.5. The summed E-state index contributed by atoms with van der Waals surface area (Å²) in [6, 6.07) is 14.1. The van der Waals surface area contributed by atoms with Crippen LogP contribution in [-0.4, -0.2) is 42.9 Å². The molecule has 0 unspecified atom stereocenters. The second kappa shape index (κ2) is 10.8. The lowest BCUT2D eigenvalue weighted by atomic mass is 10.0. The summed E-state index contributed by atoms with van der Waals surface area (Å²) in [7, 11) is 1.59. The predicted octanol–water partition coefficient (Wildman–Crippen LogP) is 5.59. The van der Waals surface area contributed by atoms with Crippen LogP contribution >= 0.6 is 34.8 Å². The summed E-state index contributed by atoms with van der Waals surface area (Å²) < 4.78 is 13.2. The molecule has 1 aliphatic heterocycles. The molecular weight excluding hydrogens is 554 g/mol. The molecule has 198 valence electrons. The number of hydrogen-bond donors (Lipinski definition) is 2. The van der Waals surface area contributed by atoms with Crippen molar-refractivity contribution in [3.05, 3.63) is 87.1 Å². The molecule has 2 N–H and O–H groups in total. The lowest BCUT2D eigenvalue weighted by Gasteiger charge is -2.30. The van der Waals surface area contributed by atoms with Crippen LogP contribution in [0.2, 0.25) is 15.1 Å². The van der Waals surface area contributed by atoms with Gasteiger partial charge in [-0.3, -0.25) is 14.4 Å². The fourth-order valence-electron chi connectivity index (χ4n) is 4.10. The smallest absolute Gasteiger partial charge is 0.252 e. The van der Waals surface area contributed by atoms with Crippen molar-refractivity contribution >= 4 is 69.6 Å². The first kappa shape index (κ1) is 27.7.